The first-order valence-corrected chi connectivity index (χ1v) is 4.71. The predicted octanol–water partition coefficient (Wildman–Crippen LogP) is 1.82. The molecule has 4 heteroatoms. The van der Waals surface area contributed by atoms with Gasteiger partial charge < -0.3 is 5.32 Å². The highest BCUT2D eigenvalue weighted by molar-refractivity contribution is 6.28. The van der Waals surface area contributed by atoms with Gasteiger partial charge in [-0.05, 0) is 12.8 Å². The van der Waals surface area contributed by atoms with Crippen LogP contribution in [0.5, 0.6) is 0 Å². The van der Waals surface area contributed by atoms with Crippen molar-refractivity contribution in [3.63, 3.8) is 0 Å². The van der Waals surface area contributed by atoms with E-state index in [0.717, 1.165) is 18.9 Å². The molecule has 0 aromatic heterocycles. The fourth-order valence-electron chi connectivity index (χ4n) is 1.77. The molecular weight excluding hydrogens is 195 g/mol. The van der Waals surface area contributed by atoms with Crippen LogP contribution in [0.4, 0.5) is 0 Å². The Morgan fingerprint density at radius 1 is 1.50 bits per heavy atom. The molecule has 1 fully saturated rings. The van der Waals surface area contributed by atoms with Crippen molar-refractivity contribution in [2.24, 2.45) is 10.4 Å². The average molecular weight is 209 g/mol. The molecule has 1 N–H and O–H groups in total. The van der Waals surface area contributed by atoms with E-state index in [4.69, 9.17) is 11.6 Å². The van der Waals surface area contributed by atoms with Crippen molar-refractivity contribution < 1.29 is 0 Å². The molecule has 1 heterocycles. The van der Waals surface area contributed by atoms with E-state index in [-0.39, 0.29) is 12.4 Å². The van der Waals surface area contributed by atoms with E-state index in [0.29, 0.717) is 11.3 Å². The minimum Gasteiger partial charge on any atom is -0.372 e. The summed E-state index contributed by atoms with van der Waals surface area (Å²) in [6.45, 7) is 2.10. The highest BCUT2D eigenvalue weighted by Crippen LogP contribution is 2.41. The molecule has 0 bridgehead atoms. The van der Waals surface area contributed by atoms with Gasteiger partial charge in [-0.25, -0.2) is 0 Å². The fraction of sp³-hybridized carbons (Fsp3) is 0.875. The average Bonchev–Trinajstić information content (AvgIpc) is 2.02. The number of amidine groups is 1. The van der Waals surface area contributed by atoms with E-state index in [9.17, 15) is 0 Å². The molecule has 0 amide bonds. The van der Waals surface area contributed by atoms with E-state index in [2.05, 4.69) is 10.3 Å². The molecule has 70 valence electrons. The van der Waals surface area contributed by atoms with Crippen LogP contribution < -0.4 is 5.32 Å². The van der Waals surface area contributed by atoms with E-state index in [1.54, 1.807) is 0 Å². The number of halogens is 2. The van der Waals surface area contributed by atoms with E-state index >= 15 is 0 Å². The van der Waals surface area contributed by atoms with Gasteiger partial charge in [0.15, 0.2) is 0 Å². The van der Waals surface area contributed by atoms with Crippen LogP contribution in [0.2, 0.25) is 0 Å². The van der Waals surface area contributed by atoms with Gasteiger partial charge >= 0.3 is 0 Å². The summed E-state index contributed by atoms with van der Waals surface area (Å²) in [5.74, 6) is 1.51. The maximum atomic E-state index is 5.64. The van der Waals surface area contributed by atoms with Crippen LogP contribution in [-0.4, -0.2) is 24.8 Å². The zero-order chi connectivity index (χ0) is 7.73. The molecule has 0 unspecified atom stereocenters. The third-order valence-corrected chi connectivity index (χ3v) is 3.07. The van der Waals surface area contributed by atoms with Crippen molar-refractivity contribution in [2.45, 2.75) is 19.3 Å². The first kappa shape index (κ1) is 10.1. The molecule has 1 aliphatic carbocycles. The van der Waals surface area contributed by atoms with Crippen molar-refractivity contribution in [1.29, 1.82) is 0 Å². The van der Waals surface area contributed by atoms with Crippen LogP contribution in [0.3, 0.4) is 0 Å². The maximum absolute atomic E-state index is 5.64. The van der Waals surface area contributed by atoms with Gasteiger partial charge in [0, 0.05) is 18.5 Å². The third-order valence-electron chi connectivity index (χ3n) is 2.81. The van der Waals surface area contributed by atoms with Gasteiger partial charge in [0.1, 0.15) is 5.84 Å². The number of rotatable bonds is 1. The zero-order valence-electron chi connectivity index (χ0n) is 6.98. The number of alkyl halides is 1. The lowest BCUT2D eigenvalue weighted by molar-refractivity contribution is 0.143. The summed E-state index contributed by atoms with van der Waals surface area (Å²) >= 11 is 5.64. The van der Waals surface area contributed by atoms with Crippen LogP contribution in [0.25, 0.3) is 0 Å². The molecule has 1 saturated carbocycles. The van der Waals surface area contributed by atoms with Gasteiger partial charge in [-0.3, -0.25) is 4.99 Å². The second-order valence-electron chi connectivity index (χ2n) is 3.60. The smallest absolute Gasteiger partial charge is 0.111 e. The lowest BCUT2D eigenvalue weighted by Gasteiger charge is -2.43. The van der Waals surface area contributed by atoms with Gasteiger partial charge in [-0.15, -0.1) is 24.0 Å². The quantitative estimate of drug-likeness (QED) is 0.654. The molecule has 0 saturated heterocycles. The van der Waals surface area contributed by atoms with E-state index in [1.165, 1.54) is 19.3 Å². The molecule has 2 nitrogen and oxygen atoms in total. The molecule has 12 heavy (non-hydrogen) atoms. The Labute approximate surface area is 84.2 Å². The summed E-state index contributed by atoms with van der Waals surface area (Å²) in [7, 11) is 0. The lowest BCUT2D eigenvalue weighted by Crippen LogP contribution is -2.48. The Morgan fingerprint density at radius 2 is 2.25 bits per heavy atom. The largest absolute Gasteiger partial charge is 0.372 e. The number of aliphatic imine (C=N–C) groups is 1. The predicted molar refractivity (Wildman–Crippen MR) is 54.6 cm³/mol. The molecule has 0 aromatic rings. The van der Waals surface area contributed by atoms with Crippen molar-refractivity contribution in [3.05, 3.63) is 0 Å². The molecule has 1 aliphatic heterocycles. The number of hydrogen-bond donors (Lipinski definition) is 1. The molecule has 0 atom stereocenters. The van der Waals surface area contributed by atoms with Crippen molar-refractivity contribution in [1.82, 2.24) is 5.32 Å². The molecular formula is C8H14Cl2N2. The summed E-state index contributed by atoms with van der Waals surface area (Å²) in [6, 6.07) is 0. The lowest BCUT2D eigenvalue weighted by atomic mass is 9.68. The van der Waals surface area contributed by atoms with Gasteiger partial charge in [-0.2, -0.15) is 0 Å². The summed E-state index contributed by atoms with van der Waals surface area (Å²) < 4.78 is 0. The minimum absolute atomic E-state index is 0. The molecule has 0 radical (unpaired) electrons. The van der Waals surface area contributed by atoms with Gasteiger partial charge in [-0.1, -0.05) is 6.42 Å². The summed E-state index contributed by atoms with van der Waals surface area (Å²) in [5, 5.41) is 3.28. The molecule has 0 aromatic carbocycles. The summed E-state index contributed by atoms with van der Waals surface area (Å²) in [4.78, 5) is 4.40. The summed E-state index contributed by atoms with van der Waals surface area (Å²) in [6.07, 6.45) is 4.07. The fourth-order valence-corrected chi connectivity index (χ4v) is 1.94. The second kappa shape index (κ2) is 3.84. The van der Waals surface area contributed by atoms with Gasteiger partial charge in [0.25, 0.3) is 0 Å². The van der Waals surface area contributed by atoms with Crippen LogP contribution in [-0.2, 0) is 0 Å². The first-order valence-electron chi connectivity index (χ1n) is 4.18. The topological polar surface area (TPSA) is 24.4 Å². The van der Waals surface area contributed by atoms with Gasteiger partial charge in [0.05, 0.1) is 5.88 Å². The number of nitrogens with zero attached hydrogens (tertiary/aromatic N) is 1. The first-order chi connectivity index (χ1) is 5.35. The Morgan fingerprint density at radius 3 is 2.58 bits per heavy atom. The number of nitrogens with one attached hydrogen (secondary N) is 1. The highest BCUT2D eigenvalue weighted by Gasteiger charge is 2.38. The molecule has 2 aliphatic rings. The standard InChI is InChI=1S/C8H13ClN2.ClH/c9-4-7-10-5-8(6-11-7)2-1-3-8;/h1-6H2,(H,10,11);1H. The minimum atomic E-state index is 0. The van der Waals surface area contributed by atoms with Crippen molar-refractivity contribution in [3.8, 4) is 0 Å². The van der Waals surface area contributed by atoms with Crippen molar-refractivity contribution >= 4 is 29.8 Å². The highest BCUT2D eigenvalue weighted by atomic mass is 35.5. The van der Waals surface area contributed by atoms with E-state index < -0.39 is 0 Å². The van der Waals surface area contributed by atoms with Gasteiger partial charge in [0.2, 0.25) is 0 Å². The molecule has 2 rings (SSSR count). The zero-order valence-corrected chi connectivity index (χ0v) is 8.55. The normalized spacial score (nSPS) is 24.9. The Balaban J connectivity index is 0.000000720. The summed E-state index contributed by atoms with van der Waals surface area (Å²) in [5.41, 5.74) is 0.523. The van der Waals surface area contributed by atoms with Crippen molar-refractivity contribution in [2.75, 3.05) is 19.0 Å². The van der Waals surface area contributed by atoms with E-state index in [1.807, 2.05) is 0 Å². The van der Waals surface area contributed by atoms with Crippen LogP contribution >= 0.6 is 24.0 Å². The SMILES string of the molecule is Cl.ClCC1=NCC2(CCC2)CN1. The maximum Gasteiger partial charge on any atom is 0.111 e. The third kappa shape index (κ3) is 1.69. The van der Waals surface area contributed by atoms with Crippen LogP contribution in [0.15, 0.2) is 4.99 Å². The second-order valence-corrected chi connectivity index (χ2v) is 3.87. The molecule has 1 spiro atoms. The van der Waals surface area contributed by atoms with Crippen LogP contribution in [0, 0.1) is 5.41 Å². The monoisotopic (exact) mass is 208 g/mol. The Bertz CT molecular complexity index is 187. The van der Waals surface area contributed by atoms with Crippen LogP contribution in [0.1, 0.15) is 19.3 Å². The Kier molecular flexibility index (Phi) is 3.24. The number of hydrogen-bond acceptors (Lipinski definition) is 2. The Hall–Kier alpha value is 0.0500.